The first-order valence-corrected chi connectivity index (χ1v) is 10.5. The maximum absolute atomic E-state index is 13.4. The molecule has 0 heterocycles. The molecule has 0 saturated carbocycles. The Bertz CT molecular complexity index is 876. The van der Waals surface area contributed by atoms with Gasteiger partial charge >= 0.3 is 0 Å². The van der Waals surface area contributed by atoms with Crippen LogP contribution < -0.4 is 5.32 Å². The van der Waals surface area contributed by atoms with Gasteiger partial charge in [0.25, 0.3) is 0 Å². The Morgan fingerprint density at radius 1 is 1.18 bits per heavy atom. The van der Waals surface area contributed by atoms with Crippen LogP contribution in [0.3, 0.4) is 0 Å². The molecule has 8 heteroatoms. The van der Waals surface area contributed by atoms with Crippen LogP contribution in [0.1, 0.15) is 18.9 Å². The highest BCUT2D eigenvalue weighted by Gasteiger charge is 2.22. The van der Waals surface area contributed by atoms with Gasteiger partial charge in [-0.25, -0.2) is 12.8 Å². The highest BCUT2D eigenvalue weighted by Crippen LogP contribution is 2.13. The molecule has 0 radical (unpaired) electrons. The Balaban J connectivity index is 0.00000392. The molecule has 0 spiro atoms. The third-order valence-electron chi connectivity index (χ3n) is 4.23. The normalized spacial score (nSPS) is 12.8. The van der Waals surface area contributed by atoms with Gasteiger partial charge in [0.2, 0.25) is 0 Å². The molecule has 1 unspecified atom stereocenters. The Morgan fingerprint density at radius 2 is 1.86 bits per heavy atom. The standard InChI is InChI=1S/C20H26FN3O2S.HI/c1-4-18(15-27(25,26)19-11-6-5-7-12-19)23-20(22-2)24(3)14-16-9-8-10-17(21)13-16;/h5-13,18H,4,14-15H2,1-3H3,(H,22,23);1H. The maximum Gasteiger partial charge on any atom is 0.193 e. The highest BCUT2D eigenvalue weighted by atomic mass is 127. The van der Waals surface area contributed by atoms with Gasteiger partial charge in [-0.2, -0.15) is 0 Å². The Morgan fingerprint density at radius 3 is 2.43 bits per heavy atom. The lowest BCUT2D eigenvalue weighted by molar-refractivity contribution is 0.459. The van der Waals surface area contributed by atoms with E-state index >= 15 is 0 Å². The second-order valence-corrected chi connectivity index (χ2v) is 8.41. The summed E-state index contributed by atoms with van der Waals surface area (Å²) in [5.41, 5.74) is 0.811. The van der Waals surface area contributed by atoms with Crippen LogP contribution in [0.5, 0.6) is 0 Å². The molecular formula is C20H27FIN3O2S. The number of guanidine groups is 1. The van der Waals surface area contributed by atoms with Crippen molar-refractivity contribution in [2.45, 2.75) is 30.8 Å². The molecule has 0 amide bonds. The van der Waals surface area contributed by atoms with Crippen molar-refractivity contribution in [1.29, 1.82) is 0 Å². The van der Waals surface area contributed by atoms with E-state index in [9.17, 15) is 12.8 Å². The van der Waals surface area contributed by atoms with E-state index in [0.29, 0.717) is 23.8 Å². The van der Waals surface area contributed by atoms with Crippen molar-refractivity contribution < 1.29 is 12.8 Å². The van der Waals surface area contributed by atoms with Crippen LogP contribution >= 0.6 is 24.0 Å². The zero-order valence-corrected chi connectivity index (χ0v) is 19.4. The largest absolute Gasteiger partial charge is 0.352 e. The van der Waals surface area contributed by atoms with Crippen LogP contribution in [0.25, 0.3) is 0 Å². The first-order chi connectivity index (χ1) is 12.9. The molecule has 5 nitrogen and oxygen atoms in total. The molecule has 0 aliphatic carbocycles. The summed E-state index contributed by atoms with van der Waals surface area (Å²) in [5.74, 6) is 0.249. The van der Waals surface area contributed by atoms with Gasteiger partial charge in [-0.15, -0.1) is 24.0 Å². The fraction of sp³-hybridized carbons (Fsp3) is 0.350. The molecule has 0 aliphatic rings. The summed E-state index contributed by atoms with van der Waals surface area (Å²) < 4.78 is 38.7. The van der Waals surface area contributed by atoms with Crippen molar-refractivity contribution in [2.24, 2.45) is 4.99 Å². The topological polar surface area (TPSA) is 61.8 Å². The van der Waals surface area contributed by atoms with Gasteiger partial charge < -0.3 is 10.2 Å². The first kappa shape index (κ1) is 24.4. The molecule has 154 valence electrons. The summed E-state index contributed by atoms with van der Waals surface area (Å²) >= 11 is 0. The van der Waals surface area contributed by atoms with Crippen LogP contribution in [0.15, 0.2) is 64.5 Å². The second kappa shape index (κ2) is 11.4. The zero-order valence-electron chi connectivity index (χ0n) is 16.3. The van der Waals surface area contributed by atoms with Crippen LogP contribution in [-0.2, 0) is 16.4 Å². The molecule has 0 bridgehead atoms. The number of nitrogens with one attached hydrogen (secondary N) is 1. The van der Waals surface area contributed by atoms with Gasteiger partial charge in [-0.3, -0.25) is 4.99 Å². The minimum absolute atomic E-state index is 0. The quantitative estimate of drug-likeness (QED) is 0.345. The average Bonchev–Trinajstić information content (AvgIpc) is 2.65. The molecule has 0 saturated heterocycles. The molecule has 0 fully saturated rings. The van der Waals surface area contributed by atoms with Crippen LogP contribution in [-0.4, -0.2) is 45.2 Å². The highest BCUT2D eigenvalue weighted by molar-refractivity contribution is 14.0. The lowest BCUT2D eigenvalue weighted by atomic mass is 10.2. The molecule has 2 aromatic carbocycles. The van der Waals surface area contributed by atoms with Crippen molar-refractivity contribution in [3.63, 3.8) is 0 Å². The third-order valence-corrected chi connectivity index (χ3v) is 6.06. The number of hydrogen-bond donors (Lipinski definition) is 1. The Hall–Kier alpha value is -1.68. The second-order valence-electron chi connectivity index (χ2n) is 6.38. The van der Waals surface area contributed by atoms with Crippen LogP contribution in [0.2, 0.25) is 0 Å². The van der Waals surface area contributed by atoms with E-state index in [4.69, 9.17) is 0 Å². The third kappa shape index (κ3) is 7.05. The van der Waals surface area contributed by atoms with Crippen LogP contribution in [0, 0.1) is 5.82 Å². The lowest BCUT2D eigenvalue weighted by Gasteiger charge is -2.26. The number of aliphatic imine (C=N–C) groups is 1. The number of benzene rings is 2. The average molecular weight is 519 g/mol. The van der Waals surface area contributed by atoms with Crippen molar-refractivity contribution in [1.82, 2.24) is 10.2 Å². The summed E-state index contributed by atoms with van der Waals surface area (Å²) in [6, 6.07) is 14.5. The summed E-state index contributed by atoms with van der Waals surface area (Å²) in [6.45, 7) is 2.39. The predicted octanol–water partition coefficient (Wildman–Crippen LogP) is 3.70. The lowest BCUT2D eigenvalue weighted by Crippen LogP contribution is -2.46. The number of sulfone groups is 1. The van der Waals surface area contributed by atoms with Gasteiger partial charge in [0, 0.05) is 26.7 Å². The summed E-state index contributed by atoms with van der Waals surface area (Å²) in [5, 5.41) is 3.22. The van der Waals surface area contributed by atoms with Crippen molar-refractivity contribution >= 4 is 39.8 Å². The fourth-order valence-corrected chi connectivity index (χ4v) is 4.38. The predicted molar refractivity (Wildman–Crippen MR) is 122 cm³/mol. The number of nitrogens with zero attached hydrogens (tertiary/aromatic N) is 2. The summed E-state index contributed by atoms with van der Waals surface area (Å²) in [7, 11) is 0.0724. The van der Waals surface area contributed by atoms with Gasteiger partial charge in [0.1, 0.15) is 5.82 Å². The van der Waals surface area contributed by atoms with Crippen molar-refractivity contribution in [3.8, 4) is 0 Å². The maximum atomic E-state index is 13.4. The summed E-state index contributed by atoms with van der Waals surface area (Å²) in [4.78, 5) is 6.39. The number of halogens is 2. The van der Waals surface area contributed by atoms with Crippen LogP contribution in [0.4, 0.5) is 4.39 Å². The van der Waals surface area contributed by atoms with Gasteiger partial charge in [-0.1, -0.05) is 37.3 Å². The number of hydrogen-bond acceptors (Lipinski definition) is 3. The minimum Gasteiger partial charge on any atom is -0.352 e. The van der Waals surface area contributed by atoms with Gasteiger partial charge in [-0.05, 0) is 36.2 Å². The SMILES string of the molecule is CCC(CS(=O)(=O)c1ccccc1)NC(=NC)N(C)Cc1cccc(F)c1.I. The Labute approximate surface area is 184 Å². The minimum atomic E-state index is -3.40. The van der Waals surface area contributed by atoms with E-state index in [0.717, 1.165) is 5.56 Å². The molecule has 0 aliphatic heterocycles. The van der Waals surface area contributed by atoms with E-state index in [1.54, 1.807) is 43.4 Å². The molecule has 1 atom stereocenters. The van der Waals surface area contributed by atoms with E-state index in [1.807, 2.05) is 24.9 Å². The summed E-state index contributed by atoms with van der Waals surface area (Å²) in [6.07, 6.45) is 0.624. The fourth-order valence-electron chi connectivity index (χ4n) is 2.76. The molecule has 2 aromatic rings. The van der Waals surface area contributed by atoms with E-state index in [-0.39, 0.29) is 41.6 Å². The molecule has 0 aromatic heterocycles. The Kier molecular flexibility index (Phi) is 9.88. The van der Waals surface area contributed by atoms with Crippen molar-refractivity contribution in [3.05, 3.63) is 66.0 Å². The smallest absolute Gasteiger partial charge is 0.193 e. The number of rotatable bonds is 7. The van der Waals surface area contributed by atoms with E-state index in [2.05, 4.69) is 10.3 Å². The molecule has 1 N–H and O–H groups in total. The van der Waals surface area contributed by atoms with Gasteiger partial charge in [0.15, 0.2) is 15.8 Å². The monoisotopic (exact) mass is 519 g/mol. The molecule has 28 heavy (non-hydrogen) atoms. The van der Waals surface area contributed by atoms with Gasteiger partial charge in [0.05, 0.1) is 10.6 Å². The van der Waals surface area contributed by atoms with E-state index < -0.39 is 9.84 Å². The first-order valence-electron chi connectivity index (χ1n) is 8.82. The van der Waals surface area contributed by atoms with Crippen molar-refractivity contribution in [2.75, 3.05) is 19.8 Å². The molecular weight excluding hydrogens is 492 g/mol. The zero-order chi connectivity index (χ0) is 19.9. The van der Waals surface area contributed by atoms with E-state index in [1.165, 1.54) is 12.1 Å². The molecule has 2 rings (SSSR count).